The molecule has 0 unspecified atom stereocenters. The van der Waals surface area contributed by atoms with Crippen LogP contribution >= 0.6 is 0 Å². The number of amides is 2. The van der Waals surface area contributed by atoms with Crippen LogP contribution in [0.3, 0.4) is 0 Å². The molecule has 2 aliphatic rings. The first-order valence-electron chi connectivity index (χ1n) is 11.2. The average molecular weight is 454 g/mol. The Morgan fingerprint density at radius 3 is 2.70 bits per heavy atom. The van der Waals surface area contributed by atoms with Crippen molar-refractivity contribution >= 4 is 22.9 Å². The van der Waals surface area contributed by atoms with Gasteiger partial charge >= 0.3 is 0 Å². The van der Waals surface area contributed by atoms with E-state index in [1.165, 1.54) is 6.20 Å². The Morgan fingerprint density at radius 2 is 1.97 bits per heavy atom. The fraction of sp³-hybridized carbons (Fsp3) is 0.417. The number of piperidine rings is 1. The second-order valence-electron chi connectivity index (χ2n) is 9.05. The Hall–Kier alpha value is -3.36. The summed E-state index contributed by atoms with van der Waals surface area (Å²) >= 11 is 0. The summed E-state index contributed by atoms with van der Waals surface area (Å²) in [6, 6.07) is 4.58. The number of hydrogen-bond donors (Lipinski definition) is 1. The summed E-state index contributed by atoms with van der Waals surface area (Å²) in [6.07, 6.45) is 5.44. The number of likely N-dealkylation sites (tertiary alicyclic amines) is 1. The van der Waals surface area contributed by atoms with Crippen LogP contribution < -0.4 is 5.32 Å². The smallest absolute Gasteiger partial charge is 0.257 e. The zero-order chi connectivity index (χ0) is 23.2. The van der Waals surface area contributed by atoms with E-state index in [1.807, 2.05) is 11.8 Å². The van der Waals surface area contributed by atoms with Crippen LogP contribution in [0, 0.1) is 17.0 Å². The van der Waals surface area contributed by atoms with Gasteiger partial charge in [0.05, 0.1) is 22.2 Å². The first-order chi connectivity index (χ1) is 15.9. The lowest BCUT2D eigenvalue weighted by molar-refractivity contribution is 0.00858. The number of hydrogen-bond acceptors (Lipinski definition) is 5. The number of halogens is 2. The number of benzene rings is 1. The maximum absolute atomic E-state index is 13.8. The van der Waals surface area contributed by atoms with Crippen molar-refractivity contribution in [2.75, 3.05) is 13.1 Å². The second kappa shape index (κ2) is 8.20. The van der Waals surface area contributed by atoms with Crippen molar-refractivity contribution in [1.29, 1.82) is 0 Å². The molecule has 2 fully saturated rings. The maximum atomic E-state index is 13.8. The highest BCUT2D eigenvalue weighted by Gasteiger charge is 2.47. The van der Waals surface area contributed by atoms with Gasteiger partial charge in [0.25, 0.3) is 17.5 Å². The van der Waals surface area contributed by atoms with Gasteiger partial charge in [-0.2, -0.15) is 0 Å². The Morgan fingerprint density at radius 1 is 1.21 bits per heavy atom. The van der Waals surface area contributed by atoms with E-state index < -0.39 is 17.5 Å². The highest BCUT2D eigenvalue weighted by molar-refractivity contribution is 5.97. The molecule has 1 spiro atoms. The number of aryl methyl sites for hydroxylation is 1. The molecular weight excluding hydrogens is 430 g/mol. The lowest BCUT2D eigenvalue weighted by Crippen LogP contribution is -2.55. The van der Waals surface area contributed by atoms with Gasteiger partial charge in [-0.1, -0.05) is 12.1 Å². The largest absolute Gasteiger partial charge is 0.349 e. The summed E-state index contributed by atoms with van der Waals surface area (Å²) in [5, 5.41) is 7.56. The molecule has 7 nitrogen and oxygen atoms in total. The van der Waals surface area contributed by atoms with Gasteiger partial charge in [-0.3, -0.25) is 9.59 Å². The van der Waals surface area contributed by atoms with Crippen LogP contribution in [0.4, 0.5) is 8.78 Å². The molecule has 2 aromatic heterocycles. The summed E-state index contributed by atoms with van der Waals surface area (Å²) in [5.74, 6) is -2.04. The van der Waals surface area contributed by atoms with E-state index >= 15 is 0 Å². The Bertz CT molecular complexity index is 1230. The number of carbonyl (C=O) groups is 2. The lowest BCUT2D eigenvalue weighted by atomic mass is 9.60. The van der Waals surface area contributed by atoms with E-state index in [0.29, 0.717) is 30.8 Å². The molecule has 3 heterocycles. The van der Waals surface area contributed by atoms with E-state index in [0.717, 1.165) is 55.0 Å². The topological polar surface area (TPSA) is 88.3 Å². The predicted molar refractivity (Wildman–Crippen MR) is 116 cm³/mol. The van der Waals surface area contributed by atoms with E-state index in [1.54, 1.807) is 6.07 Å². The quantitative estimate of drug-likeness (QED) is 0.647. The van der Waals surface area contributed by atoms with Gasteiger partial charge in [-0.15, -0.1) is 0 Å². The molecule has 1 saturated carbocycles. The molecule has 1 aliphatic carbocycles. The van der Waals surface area contributed by atoms with Crippen LogP contribution in [0.5, 0.6) is 0 Å². The van der Waals surface area contributed by atoms with Crippen molar-refractivity contribution in [3.63, 3.8) is 0 Å². The highest BCUT2D eigenvalue weighted by Crippen LogP contribution is 2.49. The number of nitrogens with one attached hydrogen (secondary N) is 1. The third kappa shape index (κ3) is 3.96. The molecule has 172 valence electrons. The monoisotopic (exact) mass is 454 g/mol. The van der Waals surface area contributed by atoms with Gasteiger partial charge in [-0.05, 0) is 61.8 Å². The Balaban J connectivity index is 1.17. The van der Waals surface area contributed by atoms with E-state index in [-0.39, 0.29) is 22.9 Å². The number of aromatic nitrogens is 2. The molecule has 1 aromatic carbocycles. The van der Waals surface area contributed by atoms with Gasteiger partial charge in [0.15, 0.2) is 0 Å². The molecule has 1 aliphatic heterocycles. The minimum Gasteiger partial charge on any atom is -0.349 e. The van der Waals surface area contributed by atoms with Crippen molar-refractivity contribution in [2.24, 2.45) is 5.41 Å². The number of carbonyl (C=O) groups excluding carboxylic acids is 2. The minimum atomic E-state index is -0.736. The summed E-state index contributed by atoms with van der Waals surface area (Å²) in [5.41, 5.74) is 1.53. The Kier molecular flexibility index (Phi) is 5.34. The molecule has 2 amide bonds. The van der Waals surface area contributed by atoms with Crippen LogP contribution in [-0.4, -0.2) is 46.0 Å². The number of fused-ring (bicyclic) bond motifs is 1. The summed E-state index contributed by atoms with van der Waals surface area (Å²) in [6.45, 7) is 3.22. The fourth-order valence-corrected chi connectivity index (χ4v) is 5.05. The van der Waals surface area contributed by atoms with Crippen molar-refractivity contribution < 1.29 is 22.9 Å². The standard InChI is InChI=1S/C24H24F2N4O3/c1-2-20-18-9-14(13-27-22(18)33-29-20)23(32)30-7-5-24(6-8-30)11-16(12-24)28-21(31)17-10-15(25)3-4-19(17)26/h3-4,9-10,13,16H,2,5-8,11-12H2,1H3,(H,28,31). The molecule has 33 heavy (non-hydrogen) atoms. The van der Waals surface area contributed by atoms with E-state index in [9.17, 15) is 18.4 Å². The van der Waals surface area contributed by atoms with Crippen LogP contribution in [0.25, 0.3) is 11.1 Å². The van der Waals surface area contributed by atoms with Crippen LogP contribution in [0.1, 0.15) is 59.0 Å². The SMILES string of the molecule is CCc1noc2ncc(C(=O)N3CCC4(CC3)CC(NC(=O)c3cc(F)ccc3F)C4)cc12. The normalized spacial score (nSPS) is 17.8. The molecule has 0 atom stereocenters. The predicted octanol–water partition coefficient (Wildman–Crippen LogP) is 3.88. The van der Waals surface area contributed by atoms with Crippen molar-refractivity contribution in [3.05, 3.63) is 58.9 Å². The highest BCUT2D eigenvalue weighted by atomic mass is 19.1. The van der Waals surface area contributed by atoms with E-state index in [2.05, 4.69) is 15.5 Å². The van der Waals surface area contributed by atoms with Crippen molar-refractivity contribution in [2.45, 2.75) is 45.1 Å². The summed E-state index contributed by atoms with van der Waals surface area (Å²) in [4.78, 5) is 31.4. The molecule has 3 aromatic rings. The van der Waals surface area contributed by atoms with Crippen molar-refractivity contribution in [1.82, 2.24) is 20.4 Å². The van der Waals surface area contributed by atoms with Crippen LogP contribution in [0.2, 0.25) is 0 Å². The third-order valence-electron chi connectivity index (χ3n) is 6.96. The first-order valence-corrected chi connectivity index (χ1v) is 11.2. The molecular formula is C24H24F2N4O3. The van der Waals surface area contributed by atoms with Crippen molar-refractivity contribution in [3.8, 4) is 0 Å². The molecule has 5 rings (SSSR count). The van der Waals surface area contributed by atoms with Crippen LogP contribution in [0.15, 0.2) is 35.0 Å². The first kappa shape index (κ1) is 21.5. The fourth-order valence-electron chi connectivity index (χ4n) is 5.05. The third-order valence-corrected chi connectivity index (χ3v) is 6.96. The van der Waals surface area contributed by atoms with Gasteiger partial charge in [-0.25, -0.2) is 13.8 Å². The zero-order valence-electron chi connectivity index (χ0n) is 18.2. The van der Waals surface area contributed by atoms with Gasteiger partial charge in [0, 0.05) is 25.3 Å². The van der Waals surface area contributed by atoms with E-state index in [4.69, 9.17) is 4.52 Å². The minimum absolute atomic E-state index is 0.0618. The van der Waals surface area contributed by atoms with Gasteiger partial charge in [0.2, 0.25) is 0 Å². The number of rotatable bonds is 4. The molecule has 0 bridgehead atoms. The van der Waals surface area contributed by atoms with Gasteiger partial charge in [0.1, 0.15) is 11.6 Å². The number of pyridine rings is 1. The molecule has 1 saturated heterocycles. The zero-order valence-corrected chi connectivity index (χ0v) is 18.2. The lowest BCUT2D eigenvalue weighted by Gasteiger charge is -2.52. The summed E-state index contributed by atoms with van der Waals surface area (Å²) in [7, 11) is 0. The van der Waals surface area contributed by atoms with Gasteiger partial charge < -0.3 is 14.7 Å². The van der Waals surface area contributed by atoms with Crippen LogP contribution in [-0.2, 0) is 6.42 Å². The average Bonchev–Trinajstić information content (AvgIpc) is 3.22. The molecule has 0 radical (unpaired) electrons. The second-order valence-corrected chi connectivity index (χ2v) is 9.05. The molecule has 1 N–H and O–H groups in total. The summed E-state index contributed by atoms with van der Waals surface area (Å²) < 4.78 is 32.4. The maximum Gasteiger partial charge on any atom is 0.257 e. The molecule has 9 heteroatoms. The Labute approximate surface area is 189 Å². The number of nitrogens with zero attached hydrogens (tertiary/aromatic N) is 3.